The number of ether oxygens (including phenoxy) is 1. The average molecular weight is 245 g/mol. The first-order chi connectivity index (χ1) is 8.83. The number of aromatic amines is 1. The standard InChI is InChI=1S/C13H15N3O2/c17-12-10-6-7-14-8-11(10)15-13(16-12)18-9-4-2-1-3-5-9/h6-9H,1-5H2,(H,15,16,17). The van der Waals surface area contributed by atoms with E-state index >= 15 is 0 Å². The summed E-state index contributed by atoms with van der Waals surface area (Å²) in [6.07, 6.45) is 9.05. The molecule has 2 heterocycles. The number of hydrogen-bond acceptors (Lipinski definition) is 4. The van der Waals surface area contributed by atoms with Crippen LogP contribution in [0.2, 0.25) is 0 Å². The molecule has 0 bridgehead atoms. The Hall–Kier alpha value is -1.91. The van der Waals surface area contributed by atoms with Crippen molar-refractivity contribution in [2.75, 3.05) is 0 Å². The molecule has 1 aliphatic rings. The molecule has 0 amide bonds. The Kier molecular flexibility index (Phi) is 2.96. The minimum Gasteiger partial charge on any atom is -0.461 e. The van der Waals surface area contributed by atoms with Crippen molar-refractivity contribution in [2.45, 2.75) is 38.2 Å². The molecular weight excluding hydrogens is 230 g/mol. The van der Waals surface area contributed by atoms with Gasteiger partial charge in [-0.15, -0.1) is 0 Å². The van der Waals surface area contributed by atoms with E-state index in [-0.39, 0.29) is 11.7 Å². The fourth-order valence-corrected chi connectivity index (χ4v) is 2.37. The number of H-pyrrole nitrogens is 1. The molecule has 3 rings (SSSR count). The van der Waals surface area contributed by atoms with Gasteiger partial charge in [-0.05, 0) is 31.7 Å². The Morgan fingerprint density at radius 2 is 2.11 bits per heavy atom. The van der Waals surface area contributed by atoms with E-state index in [1.807, 2.05) is 0 Å². The van der Waals surface area contributed by atoms with Gasteiger partial charge in [-0.25, -0.2) is 0 Å². The minimum absolute atomic E-state index is 0.173. The fraction of sp³-hybridized carbons (Fsp3) is 0.462. The van der Waals surface area contributed by atoms with Crippen LogP contribution in [0.5, 0.6) is 6.01 Å². The summed E-state index contributed by atoms with van der Waals surface area (Å²) < 4.78 is 5.75. The predicted octanol–water partition coefficient (Wildman–Crippen LogP) is 2.03. The lowest BCUT2D eigenvalue weighted by atomic mass is 9.98. The summed E-state index contributed by atoms with van der Waals surface area (Å²) in [5.41, 5.74) is 0.403. The van der Waals surface area contributed by atoms with Crippen molar-refractivity contribution >= 4 is 10.9 Å². The summed E-state index contributed by atoms with van der Waals surface area (Å²) in [7, 11) is 0. The van der Waals surface area contributed by atoms with Gasteiger partial charge in [0, 0.05) is 6.20 Å². The third-order valence-electron chi connectivity index (χ3n) is 3.32. The van der Waals surface area contributed by atoms with Crippen LogP contribution in [0.15, 0.2) is 23.3 Å². The molecule has 1 fully saturated rings. The molecule has 2 aromatic rings. The van der Waals surface area contributed by atoms with Crippen molar-refractivity contribution in [2.24, 2.45) is 0 Å². The first kappa shape index (κ1) is 11.2. The van der Waals surface area contributed by atoms with Gasteiger partial charge >= 0.3 is 0 Å². The van der Waals surface area contributed by atoms with Gasteiger partial charge < -0.3 is 4.74 Å². The number of hydrogen-bond donors (Lipinski definition) is 1. The van der Waals surface area contributed by atoms with Gasteiger partial charge in [0.2, 0.25) is 0 Å². The molecule has 0 spiro atoms. The van der Waals surface area contributed by atoms with Gasteiger partial charge in [0.15, 0.2) is 0 Å². The number of nitrogens with zero attached hydrogens (tertiary/aromatic N) is 2. The van der Waals surface area contributed by atoms with E-state index in [4.69, 9.17) is 4.74 Å². The molecule has 0 aromatic carbocycles. The quantitative estimate of drug-likeness (QED) is 0.879. The molecule has 1 aliphatic carbocycles. The minimum atomic E-state index is -0.173. The Morgan fingerprint density at radius 1 is 1.28 bits per heavy atom. The normalized spacial score (nSPS) is 16.9. The third kappa shape index (κ3) is 2.20. The summed E-state index contributed by atoms with van der Waals surface area (Å²) >= 11 is 0. The lowest BCUT2D eigenvalue weighted by Gasteiger charge is -2.21. The van der Waals surface area contributed by atoms with Crippen molar-refractivity contribution < 1.29 is 4.74 Å². The molecule has 5 nitrogen and oxygen atoms in total. The van der Waals surface area contributed by atoms with E-state index in [1.165, 1.54) is 19.3 Å². The lowest BCUT2D eigenvalue weighted by Crippen LogP contribution is -2.22. The monoisotopic (exact) mass is 245 g/mol. The summed E-state index contributed by atoms with van der Waals surface area (Å²) in [6, 6.07) is 1.97. The maximum atomic E-state index is 11.8. The zero-order chi connectivity index (χ0) is 12.4. The average Bonchev–Trinajstić information content (AvgIpc) is 2.40. The van der Waals surface area contributed by atoms with Crippen LogP contribution >= 0.6 is 0 Å². The molecule has 18 heavy (non-hydrogen) atoms. The molecule has 2 aromatic heterocycles. The Labute approximate surface area is 104 Å². The van der Waals surface area contributed by atoms with Gasteiger partial charge in [-0.3, -0.25) is 14.8 Å². The molecule has 1 saturated carbocycles. The molecule has 0 radical (unpaired) electrons. The van der Waals surface area contributed by atoms with E-state index in [1.54, 1.807) is 18.5 Å². The van der Waals surface area contributed by atoms with Gasteiger partial charge in [0.05, 0.1) is 17.1 Å². The van der Waals surface area contributed by atoms with E-state index in [2.05, 4.69) is 15.0 Å². The highest BCUT2D eigenvalue weighted by Crippen LogP contribution is 2.21. The van der Waals surface area contributed by atoms with Gasteiger partial charge in [-0.1, -0.05) is 6.42 Å². The van der Waals surface area contributed by atoms with Crippen LogP contribution in [0.1, 0.15) is 32.1 Å². The highest BCUT2D eigenvalue weighted by atomic mass is 16.5. The molecule has 5 heteroatoms. The molecule has 0 saturated heterocycles. The second-order valence-corrected chi connectivity index (χ2v) is 4.64. The largest absolute Gasteiger partial charge is 0.461 e. The van der Waals surface area contributed by atoms with Gasteiger partial charge in [0.1, 0.15) is 6.10 Å². The lowest BCUT2D eigenvalue weighted by molar-refractivity contribution is 0.142. The SMILES string of the molecule is O=c1[nH]c(OC2CCCCC2)nc2cnccc12. The number of aromatic nitrogens is 3. The maximum Gasteiger partial charge on any atom is 0.297 e. The Bertz CT molecular complexity index is 602. The number of rotatable bonds is 2. The summed E-state index contributed by atoms with van der Waals surface area (Å²) in [5, 5.41) is 0.543. The first-order valence-electron chi connectivity index (χ1n) is 6.33. The fourth-order valence-electron chi connectivity index (χ4n) is 2.37. The zero-order valence-corrected chi connectivity index (χ0v) is 10.1. The second kappa shape index (κ2) is 4.76. The van der Waals surface area contributed by atoms with Crippen molar-refractivity contribution in [3.63, 3.8) is 0 Å². The van der Waals surface area contributed by atoms with Crippen LogP contribution in [0, 0.1) is 0 Å². The van der Waals surface area contributed by atoms with E-state index in [9.17, 15) is 4.79 Å². The molecule has 1 N–H and O–H groups in total. The molecule has 94 valence electrons. The number of fused-ring (bicyclic) bond motifs is 1. The van der Waals surface area contributed by atoms with Crippen LogP contribution in [0.3, 0.4) is 0 Å². The summed E-state index contributed by atoms with van der Waals surface area (Å²) in [6.45, 7) is 0. The summed E-state index contributed by atoms with van der Waals surface area (Å²) in [5.74, 6) is 0. The third-order valence-corrected chi connectivity index (χ3v) is 3.32. The molecular formula is C13H15N3O2. The van der Waals surface area contributed by atoms with Crippen molar-refractivity contribution in [3.8, 4) is 6.01 Å². The van der Waals surface area contributed by atoms with E-state index in [0.29, 0.717) is 16.9 Å². The second-order valence-electron chi connectivity index (χ2n) is 4.64. The summed E-state index contributed by atoms with van der Waals surface area (Å²) in [4.78, 5) is 22.8. The van der Waals surface area contributed by atoms with Crippen LogP contribution in [0.25, 0.3) is 10.9 Å². The van der Waals surface area contributed by atoms with Gasteiger partial charge in [0.25, 0.3) is 11.6 Å². The molecule has 0 aliphatic heterocycles. The smallest absolute Gasteiger partial charge is 0.297 e. The first-order valence-corrected chi connectivity index (χ1v) is 6.33. The maximum absolute atomic E-state index is 11.8. The Balaban J connectivity index is 1.90. The highest BCUT2D eigenvalue weighted by Gasteiger charge is 2.16. The Morgan fingerprint density at radius 3 is 2.94 bits per heavy atom. The predicted molar refractivity (Wildman–Crippen MR) is 67.7 cm³/mol. The van der Waals surface area contributed by atoms with E-state index < -0.39 is 0 Å². The molecule has 0 atom stereocenters. The van der Waals surface area contributed by atoms with Crippen molar-refractivity contribution in [3.05, 3.63) is 28.8 Å². The highest BCUT2D eigenvalue weighted by molar-refractivity contribution is 5.76. The van der Waals surface area contributed by atoms with Crippen LogP contribution in [0.4, 0.5) is 0 Å². The van der Waals surface area contributed by atoms with Crippen LogP contribution < -0.4 is 10.3 Å². The zero-order valence-electron chi connectivity index (χ0n) is 10.1. The molecule has 0 unspecified atom stereocenters. The van der Waals surface area contributed by atoms with E-state index in [0.717, 1.165) is 12.8 Å². The van der Waals surface area contributed by atoms with Gasteiger partial charge in [-0.2, -0.15) is 4.98 Å². The topological polar surface area (TPSA) is 67.9 Å². The van der Waals surface area contributed by atoms with Crippen LogP contribution in [-0.2, 0) is 0 Å². The van der Waals surface area contributed by atoms with Crippen molar-refractivity contribution in [1.82, 2.24) is 15.0 Å². The van der Waals surface area contributed by atoms with Crippen LogP contribution in [-0.4, -0.2) is 21.1 Å². The van der Waals surface area contributed by atoms with Crippen molar-refractivity contribution in [1.29, 1.82) is 0 Å². The number of pyridine rings is 1. The number of nitrogens with one attached hydrogen (secondary N) is 1.